The molecule has 1 aliphatic rings. The van der Waals surface area contributed by atoms with Crippen molar-refractivity contribution in [1.82, 2.24) is 15.5 Å². The maximum absolute atomic E-state index is 12.5. The van der Waals surface area contributed by atoms with Crippen LogP contribution in [-0.4, -0.2) is 64.9 Å². The molecule has 1 heterocycles. The molecule has 0 aromatic carbocycles. The fourth-order valence-corrected chi connectivity index (χ4v) is 3.32. The van der Waals surface area contributed by atoms with E-state index in [1.165, 1.54) is 4.90 Å². The van der Waals surface area contributed by atoms with E-state index in [4.69, 9.17) is 5.73 Å². The zero-order valence-corrected chi connectivity index (χ0v) is 17.2. The van der Waals surface area contributed by atoms with Gasteiger partial charge in [0.05, 0.1) is 12.6 Å². The normalized spacial score (nSPS) is 19.8. The molecule has 0 spiro atoms. The third kappa shape index (κ3) is 6.78. The van der Waals surface area contributed by atoms with Crippen molar-refractivity contribution >= 4 is 23.7 Å². The van der Waals surface area contributed by atoms with Crippen molar-refractivity contribution in [3.05, 3.63) is 0 Å². The minimum atomic E-state index is -1.11. The van der Waals surface area contributed by atoms with E-state index >= 15 is 0 Å². The van der Waals surface area contributed by atoms with Gasteiger partial charge in [0.1, 0.15) is 12.1 Å². The molecule has 1 saturated heterocycles. The smallest absolute Gasteiger partial charge is 0.326 e. The summed E-state index contributed by atoms with van der Waals surface area (Å²) in [6.07, 6.45) is 2.34. The van der Waals surface area contributed by atoms with Gasteiger partial charge in [0.15, 0.2) is 0 Å². The molecule has 0 saturated carbocycles. The lowest BCUT2D eigenvalue weighted by Crippen LogP contribution is -2.53. The van der Waals surface area contributed by atoms with Crippen LogP contribution in [0.5, 0.6) is 0 Å². The lowest BCUT2D eigenvalue weighted by Gasteiger charge is -2.27. The van der Waals surface area contributed by atoms with Crippen LogP contribution in [0, 0.1) is 11.8 Å². The van der Waals surface area contributed by atoms with E-state index < -0.39 is 35.9 Å². The standard InChI is InChI=1S/C19H34N4O5/c1-5-12(4)16(19(27)28)22-15(24)10-21-17(25)14-7-6-8-23(14)18(26)13(20)9-11(2)3/h11-14,16H,5-10,20H2,1-4H3,(H,21,25)(H,22,24)(H,27,28). The molecule has 28 heavy (non-hydrogen) atoms. The molecular weight excluding hydrogens is 364 g/mol. The summed E-state index contributed by atoms with van der Waals surface area (Å²) in [6.45, 7) is 7.65. The number of carboxylic acid groups (broad SMARTS) is 1. The molecule has 4 unspecified atom stereocenters. The Labute approximate surface area is 166 Å². The highest BCUT2D eigenvalue weighted by Gasteiger charge is 2.36. The fraction of sp³-hybridized carbons (Fsp3) is 0.789. The highest BCUT2D eigenvalue weighted by Crippen LogP contribution is 2.19. The largest absolute Gasteiger partial charge is 0.480 e. The lowest BCUT2D eigenvalue weighted by atomic mass is 9.99. The maximum atomic E-state index is 12.5. The third-order valence-corrected chi connectivity index (χ3v) is 5.10. The Hall–Kier alpha value is -2.16. The van der Waals surface area contributed by atoms with Crippen molar-refractivity contribution in [2.75, 3.05) is 13.1 Å². The number of amides is 3. The topological polar surface area (TPSA) is 142 Å². The molecule has 0 aromatic heterocycles. The number of hydrogen-bond donors (Lipinski definition) is 4. The Morgan fingerprint density at radius 3 is 2.39 bits per heavy atom. The Kier molecular flexibility index (Phi) is 9.37. The zero-order chi connectivity index (χ0) is 21.4. The van der Waals surface area contributed by atoms with Crippen LogP contribution in [0.3, 0.4) is 0 Å². The first-order valence-corrected chi connectivity index (χ1v) is 9.94. The monoisotopic (exact) mass is 398 g/mol. The number of likely N-dealkylation sites (tertiary alicyclic amines) is 1. The highest BCUT2D eigenvalue weighted by molar-refractivity contribution is 5.93. The number of aliphatic carboxylic acids is 1. The predicted molar refractivity (Wildman–Crippen MR) is 104 cm³/mol. The maximum Gasteiger partial charge on any atom is 0.326 e. The Morgan fingerprint density at radius 2 is 1.86 bits per heavy atom. The lowest BCUT2D eigenvalue weighted by molar-refractivity contribution is -0.143. The fourth-order valence-electron chi connectivity index (χ4n) is 3.32. The molecule has 9 heteroatoms. The van der Waals surface area contributed by atoms with Gasteiger partial charge in [-0.25, -0.2) is 4.79 Å². The molecule has 160 valence electrons. The van der Waals surface area contributed by atoms with E-state index in [1.54, 1.807) is 6.92 Å². The van der Waals surface area contributed by atoms with Crippen molar-refractivity contribution in [1.29, 1.82) is 0 Å². The summed E-state index contributed by atoms with van der Waals surface area (Å²) in [6, 6.07) is -2.31. The second kappa shape index (κ2) is 11.0. The summed E-state index contributed by atoms with van der Waals surface area (Å²) in [5, 5.41) is 14.2. The molecule has 0 aliphatic carbocycles. The molecule has 0 radical (unpaired) electrons. The molecule has 4 atom stereocenters. The van der Waals surface area contributed by atoms with Gasteiger partial charge in [0.2, 0.25) is 17.7 Å². The minimum absolute atomic E-state index is 0.234. The first-order chi connectivity index (χ1) is 13.1. The predicted octanol–water partition coefficient (Wildman–Crippen LogP) is 0.0825. The minimum Gasteiger partial charge on any atom is -0.480 e. The molecule has 1 aliphatic heterocycles. The van der Waals surface area contributed by atoms with Gasteiger partial charge in [-0.3, -0.25) is 14.4 Å². The summed E-state index contributed by atoms with van der Waals surface area (Å²) in [5.41, 5.74) is 5.96. The first kappa shape index (κ1) is 23.9. The Balaban J connectivity index is 2.60. The van der Waals surface area contributed by atoms with Crippen LogP contribution in [0.4, 0.5) is 0 Å². The average molecular weight is 399 g/mol. The van der Waals surface area contributed by atoms with Crippen LogP contribution in [0.25, 0.3) is 0 Å². The second-order valence-corrected chi connectivity index (χ2v) is 7.91. The van der Waals surface area contributed by atoms with Crippen LogP contribution in [0.2, 0.25) is 0 Å². The number of carbonyl (C=O) groups excluding carboxylic acids is 3. The highest BCUT2D eigenvalue weighted by atomic mass is 16.4. The van der Waals surface area contributed by atoms with Crippen LogP contribution < -0.4 is 16.4 Å². The van der Waals surface area contributed by atoms with Gasteiger partial charge in [0.25, 0.3) is 0 Å². The summed E-state index contributed by atoms with van der Waals surface area (Å²) in [5.74, 6) is -2.33. The Morgan fingerprint density at radius 1 is 1.21 bits per heavy atom. The molecule has 3 amide bonds. The molecule has 5 N–H and O–H groups in total. The van der Waals surface area contributed by atoms with Crippen molar-refractivity contribution < 1.29 is 24.3 Å². The van der Waals surface area contributed by atoms with E-state index in [9.17, 15) is 24.3 Å². The van der Waals surface area contributed by atoms with E-state index in [2.05, 4.69) is 10.6 Å². The van der Waals surface area contributed by atoms with Crippen LogP contribution in [0.1, 0.15) is 53.4 Å². The summed E-state index contributed by atoms with van der Waals surface area (Å²) in [7, 11) is 0. The summed E-state index contributed by atoms with van der Waals surface area (Å²) < 4.78 is 0. The number of nitrogens with two attached hydrogens (primary N) is 1. The van der Waals surface area contributed by atoms with Crippen molar-refractivity contribution in [3.63, 3.8) is 0 Å². The first-order valence-electron chi connectivity index (χ1n) is 9.94. The Bertz CT molecular complexity index is 581. The summed E-state index contributed by atoms with van der Waals surface area (Å²) >= 11 is 0. The third-order valence-electron chi connectivity index (χ3n) is 5.10. The van der Waals surface area contributed by atoms with Crippen LogP contribution in [0.15, 0.2) is 0 Å². The molecule has 0 bridgehead atoms. The van der Waals surface area contributed by atoms with Crippen molar-refractivity contribution in [2.45, 2.75) is 71.5 Å². The van der Waals surface area contributed by atoms with Gasteiger partial charge in [0, 0.05) is 6.54 Å². The number of carboxylic acids is 1. The number of rotatable bonds is 10. The van der Waals surface area contributed by atoms with Gasteiger partial charge in [-0.05, 0) is 31.1 Å². The quantitative estimate of drug-likeness (QED) is 0.411. The van der Waals surface area contributed by atoms with Gasteiger partial charge >= 0.3 is 5.97 Å². The zero-order valence-electron chi connectivity index (χ0n) is 17.2. The molecule has 9 nitrogen and oxygen atoms in total. The average Bonchev–Trinajstić information content (AvgIpc) is 3.11. The number of nitrogens with one attached hydrogen (secondary N) is 2. The molecule has 1 fully saturated rings. The van der Waals surface area contributed by atoms with Gasteiger partial charge in [-0.2, -0.15) is 0 Å². The molecular formula is C19H34N4O5. The van der Waals surface area contributed by atoms with E-state index in [0.29, 0.717) is 32.2 Å². The van der Waals surface area contributed by atoms with Gasteiger partial charge in [-0.1, -0.05) is 34.1 Å². The second-order valence-electron chi connectivity index (χ2n) is 7.91. The van der Waals surface area contributed by atoms with E-state index in [0.717, 1.165) is 0 Å². The van der Waals surface area contributed by atoms with Crippen LogP contribution in [-0.2, 0) is 19.2 Å². The summed E-state index contributed by atoms with van der Waals surface area (Å²) in [4.78, 5) is 49.8. The van der Waals surface area contributed by atoms with E-state index in [1.807, 2.05) is 20.8 Å². The SMILES string of the molecule is CCC(C)C(NC(=O)CNC(=O)C1CCCN1C(=O)C(N)CC(C)C)C(=O)O. The van der Waals surface area contributed by atoms with Crippen LogP contribution >= 0.6 is 0 Å². The van der Waals surface area contributed by atoms with Crippen molar-refractivity contribution in [3.8, 4) is 0 Å². The molecule has 1 rings (SSSR count). The molecule has 0 aromatic rings. The number of hydrogen-bond acceptors (Lipinski definition) is 5. The van der Waals surface area contributed by atoms with Crippen molar-refractivity contribution in [2.24, 2.45) is 17.6 Å². The van der Waals surface area contributed by atoms with Gasteiger partial charge < -0.3 is 26.4 Å². The number of nitrogens with zero attached hydrogens (tertiary/aromatic N) is 1. The van der Waals surface area contributed by atoms with Gasteiger partial charge in [-0.15, -0.1) is 0 Å². The number of carbonyl (C=O) groups is 4. The van der Waals surface area contributed by atoms with E-state index in [-0.39, 0.29) is 24.3 Å².